The second-order valence-electron chi connectivity index (χ2n) is 6.19. The average Bonchev–Trinajstić information content (AvgIpc) is 3.29. The molecule has 4 rings (SSSR count). The molecule has 150 valence electrons. The number of nitrogens with zero attached hydrogens (tertiary/aromatic N) is 1. The summed E-state index contributed by atoms with van der Waals surface area (Å²) in [5.41, 5.74) is 3.75. The third-order valence-electron chi connectivity index (χ3n) is 4.21. The molecule has 6 nitrogen and oxygen atoms in total. The van der Waals surface area contributed by atoms with Crippen LogP contribution in [-0.4, -0.2) is 26.3 Å². The summed E-state index contributed by atoms with van der Waals surface area (Å²) in [6, 6.07) is 15.5. The van der Waals surface area contributed by atoms with Gasteiger partial charge in [0, 0.05) is 11.6 Å². The number of hydrogen-bond donors (Lipinski definition) is 2. The second-order valence-corrected chi connectivity index (χ2v) is 7.86. The van der Waals surface area contributed by atoms with Crippen molar-refractivity contribution in [2.45, 2.75) is 0 Å². The molecule has 1 amide bonds. The van der Waals surface area contributed by atoms with Gasteiger partial charge in [0.25, 0.3) is 5.91 Å². The van der Waals surface area contributed by atoms with Gasteiger partial charge in [-0.3, -0.25) is 10.2 Å². The molecule has 1 aliphatic heterocycles. The summed E-state index contributed by atoms with van der Waals surface area (Å²) >= 11 is 6.33. The molecule has 0 unspecified atom stereocenters. The number of furan rings is 1. The van der Waals surface area contributed by atoms with Crippen LogP contribution in [0.4, 0.5) is 10.1 Å². The van der Waals surface area contributed by atoms with Crippen molar-refractivity contribution < 1.29 is 23.5 Å². The van der Waals surface area contributed by atoms with Crippen molar-refractivity contribution >= 4 is 51.9 Å². The highest BCUT2D eigenvalue weighted by molar-refractivity contribution is 8.26. The topological polar surface area (TPSA) is 82.8 Å². The monoisotopic (exact) mass is 440 g/mol. The minimum absolute atomic E-state index is 0.0190. The maximum atomic E-state index is 13.1. The smallest absolute Gasteiger partial charge is 0.337 e. The van der Waals surface area contributed by atoms with Crippen molar-refractivity contribution in [1.29, 1.82) is 0 Å². The van der Waals surface area contributed by atoms with Crippen molar-refractivity contribution in [2.24, 2.45) is 0 Å². The van der Waals surface area contributed by atoms with E-state index in [1.165, 1.54) is 18.2 Å². The Kier molecular flexibility index (Phi) is 5.39. The van der Waals surface area contributed by atoms with Gasteiger partial charge in [-0.25, -0.2) is 14.2 Å². The molecule has 2 aromatic carbocycles. The van der Waals surface area contributed by atoms with Gasteiger partial charge in [-0.05, 0) is 60.7 Å². The molecule has 2 N–H and O–H groups in total. The highest BCUT2D eigenvalue weighted by atomic mass is 32.2. The molecule has 30 heavy (non-hydrogen) atoms. The number of halogens is 1. The quantitative estimate of drug-likeness (QED) is 0.426. The van der Waals surface area contributed by atoms with E-state index in [2.05, 4.69) is 5.43 Å². The first kappa shape index (κ1) is 19.9. The molecule has 0 bridgehead atoms. The Morgan fingerprint density at radius 1 is 1.13 bits per heavy atom. The summed E-state index contributed by atoms with van der Waals surface area (Å²) in [5.74, 6) is -0.926. The molecule has 1 saturated heterocycles. The Hall–Kier alpha value is -3.43. The molecule has 9 heteroatoms. The number of aromatic carboxylic acids is 1. The van der Waals surface area contributed by atoms with Crippen LogP contribution in [0.1, 0.15) is 16.1 Å². The van der Waals surface area contributed by atoms with Crippen LogP contribution in [0.2, 0.25) is 0 Å². The van der Waals surface area contributed by atoms with E-state index in [1.54, 1.807) is 48.5 Å². The number of anilines is 1. The van der Waals surface area contributed by atoms with Gasteiger partial charge in [-0.1, -0.05) is 23.9 Å². The van der Waals surface area contributed by atoms with Crippen LogP contribution >= 0.6 is 24.0 Å². The number of thioether (sulfide) groups is 1. The van der Waals surface area contributed by atoms with E-state index in [0.29, 0.717) is 22.0 Å². The van der Waals surface area contributed by atoms with Gasteiger partial charge in [0.1, 0.15) is 17.3 Å². The zero-order valence-electron chi connectivity index (χ0n) is 15.2. The summed E-state index contributed by atoms with van der Waals surface area (Å²) in [4.78, 5) is 24.5. The largest absolute Gasteiger partial charge is 0.478 e. The molecular formula is C21H13FN2O4S2. The van der Waals surface area contributed by atoms with E-state index in [4.69, 9.17) is 16.6 Å². The van der Waals surface area contributed by atoms with E-state index in [1.807, 2.05) is 0 Å². The molecular weight excluding hydrogens is 427 g/mol. The average molecular weight is 440 g/mol. The lowest BCUT2D eigenvalue weighted by Crippen LogP contribution is -2.34. The number of carboxylic acids is 1. The second kappa shape index (κ2) is 8.13. The summed E-state index contributed by atoms with van der Waals surface area (Å²) in [7, 11) is 0. The summed E-state index contributed by atoms with van der Waals surface area (Å²) in [6.45, 7) is 0. The van der Waals surface area contributed by atoms with Crippen LogP contribution in [0.5, 0.6) is 0 Å². The number of nitrogens with one attached hydrogen (secondary N) is 1. The van der Waals surface area contributed by atoms with Crippen molar-refractivity contribution in [1.82, 2.24) is 5.01 Å². The molecule has 0 aliphatic carbocycles. The lowest BCUT2D eigenvalue weighted by molar-refractivity contribution is -0.121. The number of para-hydroxylation sites is 1. The molecule has 1 fully saturated rings. The number of hydrazine groups is 1. The fourth-order valence-corrected chi connectivity index (χ4v) is 3.94. The predicted molar refractivity (Wildman–Crippen MR) is 116 cm³/mol. The zero-order valence-corrected chi connectivity index (χ0v) is 16.8. The maximum absolute atomic E-state index is 13.1. The zero-order chi connectivity index (χ0) is 21.3. The highest BCUT2D eigenvalue weighted by Gasteiger charge is 2.33. The molecule has 1 aromatic heterocycles. The number of rotatable bonds is 5. The van der Waals surface area contributed by atoms with Crippen LogP contribution in [0.3, 0.4) is 0 Å². The van der Waals surface area contributed by atoms with E-state index >= 15 is 0 Å². The van der Waals surface area contributed by atoms with Gasteiger partial charge >= 0.3 is 5.97 Å². The Labute approximate surface area is 180 Å². The summed E-state index contributed by atoms with van der Waals surface area (Å²) in [5, 5.41) is 10.4. The van der Waals surface area contributed by atoms with Gasteiger partial charge in [0.2, 0.25) is 0 Å². The van der Waals surface area contributed by atoms with Gasteiger partial charge in [0.05, 0.1) is 16.2 Å². The molecule has 0 radical (unpaired) electrons. The molecule has 3 aromatic rings. The van der Waals surface area contributed by atoms with E-state index in [9.17, 15) is 19.1 Å². The van der Waals surface area contributed by atoms with Crippen LogP contribution in [0.25, 0.3) is 17.4 Å². The van der Waals surface area contributed by atoms with Gasteiger partial charge in [0.15, 0.2) is 4.32 Å². The SMILES string of the molecule is O=C(O)c1ccccc1NN1C(=O)/C(=C\c2ccc(-c3ccc(F)cc3)o2)SC1=S. The lowest BCUT2D eigenvalue weighted by Gasteiger charge is -2.18. The van der Waals surface area contributed by atoms with Crippen LogP contribution in [0, 0.1) is 5.82 Å². The van der Waals surface area contributed by atoms with Crippen molar-refractivity contribution in [3.05, 3.63) is 82.7 Å². The molecule has 0 saturated carbocycles. The normalized spacial score (nSPS) is 15.1. The Morgan fingerprint density at radius 3 is 2.60 bits per heavy atom. The number of carboxylic acid groups (broad SMARTS) is 1. The van der Waals surface area contributed by atoms with Crippen LogP contribution < -0.4 is 5.43 Å². The third-order valence-corrected chi connectivity index (χ3v) is 5.51. The van der Waals surface area contributed by atoms with E-state index in [0.717, 1.165) is 16.8 Å². The summed E-state index contributed by atoms with van der Waals surface area (Å²) in [6.07, 6.45) is 1.55. The van der Waals surface area contributed by atoms with E-state index in [-0.39, 0.29) is 21.4 Å². The Morgan fingerprint density at radius 2 is 1.87 bits per heavy atom. The number of carbonyl (C=O) groups is 2. The first-order valence-corrected chi connectivity index (χ1v) is 9.87. The molecule has 1 aliphatic rings. The van der Waals surface area contributed by atoms with Gasteiger partial charge in [-0.15, -0.1) is 0 Å². The van der Waals surface area contributed by atoms with Gasteiger partial charge < -0.3 is 9.52 Å². The van der Waals surface area contributed by atoms with Crippen molar-refractivity contribution in [3.8, 4) is 11.3 Å². The minimum atomic E-state index is -1.12. The summed E-state index contributed by atoms with van der Waals surface area (Å²) < 4.78 is 19.1. The van der Waals surface area contributed by atoms with Crippen LogP contribution in [-0.2, 0) is 4.79 Å². The van der Waals surface area contributed by atoms with Crippen molar-refractivity contribution in [3.63, 3.8) is 0 Å². The Bertz CT molecular complexity index is 1190. The maximum Gasteiger partial charge on any atom is 0.337 e. The number of amides is 1. The fraction of sp³-hybridized carbons (Fsp3) is 0. The molecule has 0 spiro atoms. The van der Waals surface area contributed by atoms with E-state index < -0.39 is 11.9 Å². The number of carbonyl (C=O) groups excluding carboxylic acids is 1. The number of benzene rings is 2. The lowest BCUT2D eigenvalue weighted by atomic mass is 10.2. The van der Waals surface area contributed by atoms with Crippen molar-refractivity contribution in [2.75, 3.05) is 5.43 Å². The number of thiocarbonyl (C=S) groups is 1. The first-order chi connectivity index (χ1) is 14.4. The third kappa shape index (κ3) is 3.98. The standard InChI is InChI=1S/C21H13FN2O4S2/c22-13-7-5-12(6-8-13)17-10-9-14(28-17)11-18-19(25)24(21(29)30-18)23-16-4-2-1-3-15(16)20(26)27/h1-11,23H,(H,26,27)/b18-11+. The molecule has 2 heterocycles. The Balaban J connectivity index is 1.55. The first-order valence-electron chi connectivity index (χ1n) is 8.65. The predicted octanol–water partition coefficient (Wildman–Crippen LogP) is 5.01. The number of hydrogen-bond acceptors (Lipinski definition) is 6. The van der Waals surface area contributed by atoms with Crippen LogP contribution in [0.15, 0.2) is 70.0 Å². The van der Waals surface area contributed by atoms with Gasteiger partial charge in [-0.2, -0.15) is 0 Å². The minimum Gasteiger partial charge on any atom is -0.478 e. The highest BCUT2D eigenvalue weighted by Crippen LogP contribution is 2.34. The molecule has 0 atom stereocenters. The fourth-order valence-electron chi connectivity index (χ4n) is 2.78.